The average molecular weight is 282 g/mol. The predicted molar refractivity (Wildman–Crippen MR) is 73.8 cm³/mol. The van der Waals surface area contributed by atoms with E-state index in [1.54, 1.807) is 24.1 Å². The Labute approximate surface area is 114 Å². The summed E-state index contributed by atoms with van der Waals surface area (Å²) in [6.07, 6.45) is 1.48. The number of pyridine rings is 1. The number of hydrogen-bond acceptors (Lipinski definition) is 4. The zero-order valence-electron chi connectivity index (χ0n) is 9.76. The highest BCUT2D eigenvalue weighted by Gasteiger charge is 2.13. The summed E-state index contributed by atoms with van der Waals surface area (Å²) in [5.74, 6) is -0.139. The maximum atomic E-state index is 12.1. The van der Waals surface area contributed by atoms with Crippen molar-refractivity contribution < 1.29 is 4.79 Å². The van der Waals surface area contributed by atoms with Gasteiger partial charge in [-0.05, 0) is 24.3 Å². The van der Waals surface area contributed by atoms with E-state index in [2.05, 4.69) is 4.98 Å². The average Bonchev–Trinajstić information content (AvgIpc) is 2.75. The number of thiophene rings is 1. The molecule has 0 aliphatic rings. The molecule has 0 saturated carbocycles. The van der Waals surface area contributed by atoms with Crippen LogP contribution in [-0.2, 0) is 6.54 Å². The third kappa shape index (κ3) is 3.00. The first-order valence-corrected chi connectivity index (χ1v) is 6.47. The molecule has 0 atom stereocenters. The molecule has 2 N–H and O–H groups in total. The molecule has 94 valence electrons. The fraction of sp³-hybridized carbons (Fsp3) is 0.167. The molecule has 0 radical (unpaired) electrons. The Bertz CT molecular complexity index is 553. The van der Waals surface area contributed by atoms with Crippen LogP contribution >= 0.6 is 22.9 Å². The molecule has 0 fully saturated rings. The van der Waals surface area contributed by atoms with Crippen molar-refractivity contribution in [1.29, 1.82) is 0 Å². The van der Waals surface area contributed by atoms with Crippen molar-refractivity contribution in [2.24, 2.45) is 0 Å². The van der Waals surface area contributed by atoms with Crippen LogP contribution in [0.25, 0.3) is 0 Å². The molecule has 4 nitrogen and oxygen atoms in total. The molecule has 0 aromatic carbocycles. The Balaban J connectivity index is 2.07. The van der Waals surface area contributed by atoms with Gasteiger partial charge in [-0.1, -0.05) is 11.6 Å². The first-order chi connectivity index (χ1) is 8.56. The van der Waals surface area contributed by atoms with Gasteiger partial charge in [0.1, 0.15) is 5.69 Å². The fourth-order valence-electron chi connectivity index (χ4n) is 1.47. The molecule has 0 aliphatic carbocycles. The third-order valence-corrected chi connectivity index (χ3v) is 3.59. The molecule has 6 heteroatoms. The van der Waals surface area contributed by atoms with Gasteiger partial charge in [-0.15, -0.1) is 11.3 Å². The van der Waals surface area contributed by atoms with Gasteiger partial charge >= 0.3 is 0 Å². The summed E-state index contributed by atoms with van der Waals surface area (Å²) in [7, 11) is 1.73. The molecular weight excluding hydrogens is 270 g/mol. The number of anilines is 1. The summed E-state index contributed by atoms with van der Waals surface area (Å²) in [5, 5.41) is 0. The second-order valence-electron chi connectivity index (χ2n) is 3.84. The third-order valence-electron chi connectivity index (χ3n) is 2.37. The van der Waals surface area contributed by atoms with Gasteiger partial charge in [0.05, 0.1) is 22.8 Å². The van der Waals surface area contributed by atoms with E-state index in [9.17, 15) is 4.79 Å². The fourth-order valence-corrected chi connectivity index (χ4v) is 2.61. The minimum Gasteiger partial charge on any atom is -0.397 e. The largest absolute Gasteiger partial charge is 0.397 e. The normalized spacial score (nSPS) is 10.3. The number of nitrogens with zero attached hydrogens (tertiary/aromatic N) is 2. The highest BCUT2D eigenvalue weighted by atomic mass is 35.5. The maximum absolute atomic E-state index is 12.1. The summed E-state index contributed by atoms with van der Waals surface area (Å²) >= 11 is 7.31. The van der Waals surface area contributed by atoms with E-state index < -0.39 is 0 Å². The molecule has 0 bridgehead atoms. The van der Waals surface area contributed by atoms with Gasteiger partial charge in [-0.3, -0.25) is 4.79 Å². The van der Waals surface area contributed by atoms with Gasteiger partial charge < -0.3 is 10.6 Å². The number of nitrogens with two attached hydrogens (primary N) is 1. The predicted octanol–water partition coefficient (Wildman–Crippen LogP) is 2.65. The molecule has 0 spiro atoms. The standard InChI is InChI=1S/C12H12ClN3OS/c1-16(7-9-3-5-11(13)18-9)12(17)10-4-2-8(14)6-15-10/h2-6H,7,14H2,1H3. The van der Waals surface area contributed by atoms with E-state index in [0.717, 1.165) is 9.21 Å². The van der Waals surface area contributed by atoms with Gasteiger partial charge in [-0.25, -0.2) is 4.98 Å². The molecule has 0 saturated heterocycles. The van der Waals surface area contributed by atoms with Crippen molar-refractivity contribution in [3.8, 4) is 0 Å². The lowest BCUT2D eigenvalue weighted by Crippen LogP contribution is -2.26. The molecule has 2 heterocycles. The van der Waals surface area contributed by atoms with Crippen LogP contribution in [0, 0.1) is 0 Å². The van der Waals surface area contributed by atoms with Crippen LogP contribution in [-0.4, -0.2) is 22.8 Å². The lowest BCUT2D eigenvalue weighted by atomic mass is 10.3. The van der Waals surface area contributed by atoms with E-state index in [1.165, 1.54) is 17.5 Å². The van der Waals surface area contributed by atoms with E-state index in [-0.39, 0.29) is 5.91 Å². The van der Waals surface area contributed by atoms with Crippen LogP contribution in [0.3, 0.4) is 0 Å². The summed E-state index contributed by atoms with van der Waals surface area (Å²) in [6, 6.07) is 7.01. The van der Waals surface area contributed by atoms with Gasteiger partial charge in [-0.2, -0.15) is 0 Å². The quantitative estimate of drug-likeness (QED) is 0.941. The number of aromatic nitrogens is 1. The Morgan fingerprint density at radius 1 is 1.44 bits per heavy atom. The first-order valence-electron chi connectivity index (χ1n) is 5.27. The molecule has 2 aromatic rings. The number of rotatable bonds is 3. The minimum atomic E-state index is -0.139. The minimum absolute atomic E-state index is 0.139. The van der Waals surface area contributed by atoms with Crippen LogP contribution in [0.5, 0.6) is 0 Å². The number of halogens is 1. The number of amides is 1. The summed E-state index contributed by atoms with van der Waals surface area (Å²) < 4.78 is 0.719. The zero-order chi connectivity index (χ0) is 13.1. The van der Waals surface area contributed by atoms with Gasteiger partial charge in [0, 0.05) is 11.9 Å². The molecule has 1 amide bonds. The molecule has 0 aliphatic heterocycles. The van der Waals surface area contributed by atoms with Crippen molar-refractivity contribution in [3.05, 3.63) is 45.4 Å². The molecule has 0 unspecified atom stereocenters. The second-order valence-corrected chi connectivity index (χ2v) is 5.64. The van der Waals surface area contributed by atoms with Crippen LogP contribution in [0.4, 0.5) is 5.69 Å². The number of nitrogen functional groups attached to an aromatic ring is 1. The lowest BCUT2D eigenvalue weighted by molar-refractivity contribution is 0.0780. The number of carbonyl (C=O) groups excluding carboxylic acids is 1. The Hall–Kier alpha value is -1.59. The zero-order valence-corrected chi connectivity index (χ0v) is 11.3. The summed E-state index contributed by atoms with van der Waals surface area (Å²) in [5.41, 5.74) is 6.45. The maximum Gasteiger partial charge on any atom is 0.272 e. The molecular formula is C12H12ClN3OS. The lowest BCUT2D eigenvalue weighted by Gasteiger charge is -2.15. The van der Waals surface area contributed by atoms with Crippen molar-refractivity contribution in [1.82, 2.24) is 9.88 Å². The molecule has 18 heavy (non-hydrogen) atoms. The van der Waals surface area contributed by atoms with E-state index >= 15 is 0 Å². The Morgan fingerprint density at radius 3 is 2.78 bits per heavy atom. The highest BCUT2D eigenvalue weighted by molar-refractivity contribution is 7.16. The topological polar surface area (TPSA) is 59.2 Å². The second kappa shape index (κ2) is 5.37. The van der Waals surface area contributed by atoms with E-state index in [0.29, 0.717) is 17.9 Å². The molecule has 2 rings (SSSR count). The van der Waals surface area contributed by atoms with Gasteiger partial charge in [0.15, 0.2) is 0 Å². The van der Waals surface area contributed by atoms with Crippen molar-refractivity contribution in [2.45, 2.75) is 6.54 Å². The van der Waals surface area contributed by atoms with Crippen molar-refractivity contribution in [2.75, 3.05) is 12.8 Å². The van der Waals surface area contributed by atoms with Gasteiger partial charge in [0.25, 0.3) is 5.91 Å². The summed E-state index contributed by atoms with van der Waals surface area (Å²) in [6.45, 7) is 0.516. The van der Waals surface area contributed by atoms with Crippen LogP contribution in [0.15, 0.2) is 30.5 Å². The SMILES string of the molecule is CN(Cc1ccc(Cl)s1)C(=O)c1ccc(N)cn1. The van der Waals surface area contributed by atoms with E-state index in [1.807, 2.05) is 12.1 Å². The van der Waals surface area contributed by atoms with Crippen LogP contribution in [0.1, 0.15) is 15.4 Å². The Kier molecular flexibility index (Phi) is 3.84. The first kappa shape index (κ1) is 12.9. The molecule has 2 aromatic heterocycles. The van der Waals surface area contributed by atoms with Gasteiger partial charge in [0.2, 0.25) is 0 Å². The van der Waals surface area contributed by atoms with E-state index in [4.69, 9.17) is 17.3 Å². The van der Waals surface area contributed by atoms with Crippen LogP contribution < -0.4 is 5.73 Å². The smallest absolute Gasteiger partial charge is 0.272 e. The monoisotopic (exact) mass is 281 g/mol. The highest BCUT2D eigenvalue weighted by Crippen LogP contribution is 2.22. The number of hydrogen-bond donors (Lipinski definition) is 1. The van der Waals surface area contributed by atoms with Crippen LogP contribution in [0.2, 0.25) is 4.34 Å². The number of carbonyl (C=O) groups is 1. The Morgan fingerprint density at radius 2 is 2.22 bits per heavy atom. The summed E-state index contributed by atoms with van der Waals surface area (Å²) in [4.78, 5) is 18.7. The van der Waals surface area contributed by atoms with Crippen molar-refractivity contribution in [3.63, 3.8) is 0 Å². The van der Waals surface area contributed by atoms with Crippen molar-refractivity contribution >= 4 is 34.5 Å².